The van der Waals surface area contributed by atoms with Crippen molar-refractivity contribution in [2.45, 2.75) is 54.9 Å². The summed E-state index contributed by atoms with van der Waals surface area (Å²) in [6.07, 6.45) is -5.65. The molecule has 0 aliphatic carbocycles. The number of aliphatic hydroxyl groups is 4. The van der Waals surface area contributed by atoms with Crippen LogP contribution in [0.5, 0.6) is 0 Å². The molecule has 0 bridgehead atoms. The minimum atomic E-state index is -4.31. The number of rotatable bonds is 9. The summed E-state index contributed by atoms with van der Waals surface area (Å²) in [6.45, 7) is -0.437. The highest BCUT2D eigenvalue weighted by Gasteiger charge is 2.43. The third-order valence-electron chi connectivity index (χ3n) is 4.40. The first-order valence-corrected chi connectivity index (χ1v) is 10.1. The van der Waals surface area contributed by atoms with Crippen LogP contribution in [0.4, 0.5) is 0 Å². The summed E-state index contributed by atoms with van der Waals surface area (Å²) in [5.74, 6) is -0.213. The molecule has 5 N–H and O–H groups in total. The second-order valence-electron chi connectivity index (χ2n) is 6.45. The molecule has 0 spiro atoms. The molecule has 5 atom stereocenters. The molecule has 1 fully saturated rings. The van der Waals surface area contributed by atoms with Gasteiger partial charge in [-0.1, -0.05) is 12.1 Å². The predicted octanol–water partition coefficient (Wildman–Crippen LogP) is -0.897. The van der Waals surface area contributed by atoms with Crippen molar-refractivity contribution in [1.82, 2.24) is 0 Å². The quantitative estimate of drug-likeness (QED) is 0.192. The van der Waals surface area contributed by atoms with Gasteiger partial charge in [0, 0.05) is 18.6 Å². The summed E-state index contributed by atoms with van der Waals surface area (Å²) < 4.78 is 41.4. The van der Waals surface area contributed by atoms with E-state index in [0.29, 0.717) is 18.4 Å². The Morgan fingerprint density at radius 2 is 1.68 bits per heavy atom. The van der Waals surface area contributed by atoms with Crippen LogP contribution in [0, 0.1) is 0 Å². The van der Waals surface area contributed by atoms with E-state index >= 15 is 0 Å². The molecule has 0 amide bonds. The van der Waals surface area contributed by atoms with Crippen LogP contribution in [0.15, 0.2) is 29.2 Å². The van der Waals surface area contributed by atoms with Gasteiger partial charge in [-0.25, -0.2) is 0 Å². The van der Waals surface area contributed by atoms with Gasteiger partial charge in [-0.3, -0.25) is 9.35 Å². The van der Waals surface area contributed by atoms with E-state index < -0.39 is 47.4 Å². The molecule has 0 saturated carbocycles. The van der Waals surface area contributed by atoms with Gasteiger partial charge in [0.15, 0.2) is 12.1 Å². The molecular formula is C17H24O10S. The lowest BCUT2D eigenvalue weighted by molar-refractivity contribution is -0.301. The van der Waals surface area contributed by atoms with Crippen molar-refractivity contribution in [1.29, 1.82) is 0 Å². The molecular weight excluding hydrogens is 396 g/mol. The second kappa shape index (κ2) is 9.85. The van der Waals surface area contributed by atoms with Crippen molar-refractivity contribution in [3.63, 3.8) is 0 Å². The lowest BCUT2D eigenvalue weighted by Crippen LogP contribution is -2.59. The number of carbonyl (C=O) groups excluding carboxylic acids is 1. The van der Waals surface area contributed by atoms with Crippen molar-refractivity contribution in [2.24, 2.45) is 0 Å². The Morgan fingerprint density at radius 3 is 2.25 bits per heavy atom. The van der Waals surface area contributed by atoms with Gasteiger partial charge in [-0.15, -0.1) is 0 Å². The largest absolute Gasteiger partial charge is 0.394 e. The maximum atomic E-state index is 12.1. The molecule has 1 aromatic carbocycles. The molecule has 1 aromatic rings. The third-order valence-corrected chi connectivity index (χ3v) is 5.27. The van der Waals surface area contributed by atoms with Gasteiger partial charge in [-0.05, 0) is 25.0 Å². The summed E-state index contributed by atoms with van der Waals surface area (Å²) >= 11 is 0. The zero-order chi connectivity index (χ0) is 20.9. The zero-order valence-electron chi connectivity index (χ0n) is 14.9. The Morgan fingerprint density at radius 1 is 1.04 bits per heavy atom. The number of benzene rings is 1. The number of aliphatic hydroxyl groups excluding tert-OH is 4. The van der Waals surface area contributed by atoms with Crippen molar-refractivity contribution < 1.29 is 47.7 Å². The fourth-order valence-corrected chi connectivity index (χ4v) is 3.23. The van der Waals surface area contributed by atoms with Crippen molar-refractivity contribution in [2.75, 3.05) is 13.2 Å². The first-order valence-electron chi connectivity index (χ1n) is 8.68. The minimum Gasteiger partial charge on any atom is -0.394 e. The van der Waals surface area contributed by atoms with E-state index in [1.54, 1.807) is 0 Å². The molecule has 1 saturated heterocycles. The van der Waals surface area contributed by atoms with Crippen LogP contribution in [-0.4, -0.2) is 83.1 Å². The third kappa shape index (κ3) is 5.78. The molecule has 10 nitrogen and oxygen atoms in total. The van der Waals surface area contributed by atoms with E-state index in [4.69, 9.17) is 19.1 Å². The highest BCUT2D eigenvalue weighted by molar-refractivity contribution is 7.85. The van der Waals surface area contributed by atoms with Gasteiger partial charge in [0.2, 0.25) is 0 Å². The number of unbranched alkanes of at least 4 members (excludes halogenated alkanes) is 1. The number of ether oxygens (including phenoxy) is 2. The topological polar surface area (TPSA) is 171 Å². The number of hydrogen-bond acceptors (Lipinski definition) is 9. The molecule has 28 heavy (non-hydrogen) atoms. The Hall–Kier alpha value is -1.44. The number of ketones is 1. The van der Waals surface area contributed by atoms with Crippen LogP contribution in [0.3, 0.4) is 0 Å². The van der Waals surface area contributed by atoms with Gasteiger partial charge < -0.3 is 29.9 Å². The maximum absolute atomic E-state index is 12.1. The smallest absolute Gasteiger partial charge is 0.294 e. The molecule has 1 heterocycles. The predicted molar refractivity (Wildman–Crippen MR) is 94.2 cm³/mol. The molecule has 5 unspecified atom stereocenters. The monoisotopic (exact) mass is 420 g/mol. The Balaban J connectivity index is 1.74. The van der Waals surface area contributed by atoms with E-state index in [1.807, 2.05) is 0 Å². The van der Waals surface area contributed by atoms with E-state index in [-0.39, 0.29) is 23.7 Å². The average molecular weight is 420 g/mol. The lowest BCUT2D eigenvalue weighted by Gasteiger charge is -2.39. The number of hydrogen-bond donors (Lipinski definition) is 5. The van der Waals surface area contributed by atoms with Crippen molar-refractivity contribution in [3.05, 3.63) is 29.8 Å². The summed E-state index contributed by atoms with van der Waals surface area (Å²) in [6, 6.07) is 4.92. The Labute approximate surface area is 162 Å². The summed E-state index contributed by atoms with van der Waals surface area (Å²) in [4.78, 5) is 11.8. The average Bonchev–Trinajstić information content (AvgIpc) is 2.66. The number of Topliss-reactive ketones (excluding diaryl/α,β-unsaturated/α-hetero) is 1. The van der Waals surface area contributed by atoms with Crippen molar-refractivity contribution in [3.8, 4) is 0 Å². The summed E-state index contributed by atoms with van der Waals surface area (Å²) in [7, 11) is -4.31. The molecule has 11 heteroatoms. The number of carbonyl (C=O) groups is 1. The lowest BCUT2D eigenvalue weighted by atomic mass is 9.99. The molecule has 0 radical (unpaired) electrons. The van der Waals surface area contributed by atoms with Crippen LogP contribution in [0.1, 0.15) is 29.6 Å². The van der Waals surface area contributed by atoms with E-state index in [2.05, 4.69) is 0 Å². The fourth-order valence-electron chi connectivity index (χ4n) is 2.75. The van der Waals surface area contributed by atoms with Crippen LogP contribution >= 0.6 is 0 Å². The first kappa shape index (κ1) is 22.8. The molecule has 1 aliphatic heterocycles. The molecule has 1 aliphatic rings. The van der Waals surface area contributed by atoms with Gasteiger partial charge in [0.1, 0.15) is 24.4 Å². The Kier molecular flexibility index (Phi) is 8.04. The van der Waals surface area contributed by atoms with Gasteiger partial charge in [0.25, 0.3) is 10.1 Å². The van der Waals surface area contributed by atoms with Crippen LogP contribution in [0.2, 0.25) is 0 Å². The van der Waals surface area contributed by atoms with Gasteiger partial charge in [0.05, 0.1) is 11.5 Å². The van der Waals surface area contributed by atoms with Crippen LogP contribution in [0.25, 0.3) is 0 Å². The van der Waals surface area contributed by atoms with Crippen molar-refractivity contribution >= 4 is 15.9 Å². The maximum Gasteiger partial charge on any atom is 0.294 e. The molecule has 158 valence electrons. The molecule has 2 rings (SSSR count). The fraction of sp³-hybridized carbons (Fsp3) is 0.588. The van der Waals surface area contributed by atoms with E-state index in [9.17, 15) is 28.5 Å². The summed E-state index contributed by atoms with van der Waals surface area (Å²) in [5, 5.41) is 38.3. The first-order chi connectivity index (χ1) is 13.1. The zero-order valence-corrected chi connectivity index (χ0v) is 15.7. The highest BCUT2D eigenvalue weighted by Crippen LogP contribution is 2.22. The van der Waals surface area contributed by atoms with Gasteiger partial charge in [-0.2, -0.15) is 8.42 Å². The Bertz CT molecular complexity index is 746. The standard InChI is InChI=1S/C17H24O10S/c18-9-13-14(20)15(21)16(22)17(27-13)26-8-2-1-3-12(19)10-4-6-11(7-5-10)28(23,24)25/h4-7,13-18,20-22H,1-3,8-9H2,(H,23,24,25). The molecule has 0 aromatic heterocycles. The second-order valence-corrected chi connectivity index (χ2v) is 7.87. The van der Waals surface area contributed by atoms with E-state index in [0.717, 1.165) is 12.1 Å². The minimum absolute atomic E-state index is 0.109. The highest BCUT2D eigenvalue weighted by atomic mass is 32.2. The van der Waals surface area contributed by atoms with Crippen LogP contribution in [-0.2, 0) is 19.6 Å². The summed E-state index contributed by atoms with van der Waals surface area (Å²) in [5.41, 5.74) is 0.308. The van der Waals surface area contributed by atoms with Crippen LogP contribution < -0.4 is 0 Å². The SMILES string of the molecule is O=C(CCCCOC1OC(CO)C(O)C(O)C1O)c1ccc(S(=O)(=O)O)cc1. The van der Waals surface area contributed by atoms with Gasteiger partial charge >= 0.3 is 0 Å². The normalized spacial score (nSPS) is 28.2. The van der Waals surface area contributed by atoms with E-state index in [1.165, 1.54) is 12.1 Å².